The van der Waals surface area contributed by atoms with E-state index in [9.17, 15) is 0 Å². The molecule has 1 heterocycles. The molecule has 0 aliphatic carbocycles. The summed E-state index contributed by atoms with van der Waals surface area (Å²) in [5.74, 6) is 0.835. The fourth-order valence-corrected chi connectivity index (χ4v) is 2.02. The van der Waals surface area contributed by atoms with Crippen LogP contribution < -0.4 is 10.5 Å². The molecule has 20 heavy (non-hydrogen) atoms. The number of nitrogen functional groups attached to an aromatic ring is 1. The number of nitrogens with two attached hydrogens (primary N) is 1. The Morgan fingerprint density at radius 2 is 2.05 bits per heavy atom. The van der Waals surface area contributed by atoms with E-state index in [0.29, 0.717) is 32.1 Å². The first kappa shape index (κ1) is 15.1. The number of anilines is 1. The van der Waals surface area contributed by atoms with Crippen molar-refractivity contribution in [1.29, 1.82) is 0 Å². The molecule has 0 radical (unpaired) electrons. The smallest absolute Gasteiger partial charge is 0.189 e. The second-order valence-corrected chi connectivity index (χ2v) is 5.79. The van der Waals surface area contributed by atoms with Crippen LogP contribution in [0.25, 0.3) is 0 Å². The largest absolute Gasteiger partial charge is 0.467 e. The van der Waals surface area contributed by atoms with E-state index < -0.39 is 0 Å². The standard InChI is InChI=1S/C15H23NO4/c1-15(2,3)20-5-4-17-8-11-6-13(16)7-12-9-18-10-19-14(11)12/h6-7H,4-5,8-10,16H2,1-3H3. The zero-order valence-corrected chi connectivity index (χ0v) is 12.4. The molecule has 0 amide bonds. The van der Waals surface area contributed by atoms with Crippen LogP contribution in [0.4, 0.5) is 5.69 Å². The van der Waals surface area contributed by atoms with Gasteiger partial charge in [0.25, 0.3) is 0 Å². The molecule has 1 aliphatic heterocycles. The maximum absolute atomic E-state index is 5.88. The SMILES string of the molecule is CC(C)(C)OCCOCc1cc(N)cc2c1OCOC2. The van der Waals surface area contributed by atoms with Crippen molar-refractivity contribution >= 4 is 5.69 Å². The highest BCUT2D eigenvalue weighted by molar-refractivity contribution is 5.53. The van der Waals surface area contributed by atoms with Gasteiger partial charge in [0.15, 0.2) is 6.79 Å². The van der Waals surface area contributed by atoms with Crippen molar-refractivity contribution in [3.05, 3.63) is 23.3 Å². The summed E-state index contributed by atoms with van der Waals surface area (Å²) >= 11 is 0. The van der Waals surface area contributed by atoms with Crippen LogP contribution in [0.15, 0.2) is 12.1 Å². The Bertz CT molecular complexity index is 454. The van der Waals surface area contributed by atoms with Gasteiger partial charge in [0.2, 0.25) is 0 Å². The van der Waals surface area contributed by atoms with Crippen LogP contribution in [0.5, 0.6) is 5.75 Å². The van der Waals surface area contributed by atoms with Gasteiger partial charge in [0, 0.05) is 16.8 Å². The van der Waals surface area contributed by atoms with Gasteiger partial charge in [-0.25, -0.2) is 0 Å². The van der Waals surface area contributed by atoms with Crippen LogP contribution >= 0.6 is 0 Å². The lowest BCUT2D eigenvalue weighted by molar-refractivity contribution is -0.0397. The molecule has 5 heteroatoms. The first-order valence-corrected chi connectivity index (χ1v) is 6.79. The van der Waals surface area contributed by atoms with Gasteiger partial charge in [0.1, 0.15) is 5.75 Å². The summed E-state index contributed by atoms with van der Waals surface area (Å²) in [5.41, 5.74) is 8.37. The summed E-state index contributed by atoms with van der Waals surface area (Å²) in [6.45, 7) is 8.44. The van der Waals surface area contributed by atoms with Crippen LogP contribution in [-0.4, -0.2) is 25.6 Å². The highest BCUT2D eigenvalue weighted by Gasteiger charge is 2.16. The number of hydrogen-bond donors (Lipinski definition) is 1. The molecular formula is C15H23NO4. The summed E-state index contributed by atoms with van der Waals surface area (Å²) < 4.78 is 22.0. The number of ether oxygens (including phenoxy) is 4. The van der Waals surface area contributed by atoms with Gasteiger partial charge in [-0.2, -0.15) is 0 Å². The zero-order chi connectivity index (χ0) is 14.6. The quantitative estimate of drug-likeness (QED) is 0.663. The minimum Gasteiger partial charge on any atom is -0.467 e. The molecule has 0 atom stereocenters. The Labute approximate surface area is 120 Å². The van der Waals surface area contributed by atoms with Crippen LogP contribution in [0, 0.1) is 0 Å². The highest BCUT2D eigenvalue weighted by atomic mass is 16.7. The number of benzene rings is 1. The minimum absolute atomic E-state index is 0.139. The lowest BCUT2D eigenvalue weighted by Gasteiger charge is -2.22. The number of rotatable bonds is 5. The number of hydrogen-bond acceptors (Lipinski definition) is 5. The molecule has 0 saturated carbocycles. The molecule has 1 aliphatic rings. The van der Waals surface area contributed by atoms with Gasteiger partial charge in [-0.15, -0.1) is 0 Å². The maximum Gasteiger partial charge on any atom is 0.189 e. The van der Waals surface area contributed by atoms with Crippen LogP contribution in [-0.2, 0) is 27.4 Å². The molecular weight excluding hydrogens is 258 g/mol. The van der Waals surface area contributed by atoms with Crippen molar-refractivity contribution in [2.75, 3.05) is 25.7 Å². The molecule has 0 fully saturated rings. The predicted octanol–water partition coefficient (Wildman–Crippen LogP) is 2.47. The zero-order valence-electron chi connectivity index (χ0n) is 12.4. The fraction of sp³-hybridized carbons (Fsp3) is 0.600. The van der Waals surface area contributed by atoms with E-state index in [1.54, 1.807) is 0 Å². The minimum atomic E-state index is -0.139. The van der Waals surface area contributed by atoms with E-state index in [2.05, 4.69) is 0 Å². The van der Waals surface area contributed by atoms with Crippen LogP contribution in [0.2, 0.25) is 0 Å². The third-order valence-corrected chi connectivity index (χ3v) is 2.83. The average molecular weight is 281 g/mol. The van der Waals surface area contributed by atoms with E-state index in [1.807, 2.05) is 32.9 Å². The molecule has 1 aromatic rings. The molecule has 0 aromatic heterocycles. The lowest BCUT2D eigenvalue weighted by Crippen LogP contribution is -2.22. The van der Waals surface area contributed by atoms with Gasteiger partial charge in [-0.05, 0) is 32.9 Å². The van der Waals surface area contributed by atoms with E-state index in [4.69, 9.17) is 24.7 Å². The summed E-state index contributed by atoms with van der Waals surface area (Å²) in [4.78, 5) is 0. The Kier molecular flexibility index (Phi) is 4.86. The summed E-state index contributed by atoms with van der Waals surface area (Å²) in [6, 6.07) is 3.76. The summed E-state index contributed by atoms with van der Waals surface area (Å²) in [7, 11) is 0. The topological polar surface area (TPSA) is 62.9 Å². The lowest BCUT2D eigenvalue weighted by atomic mass is 10.1. The van der Waals surface area contributed by atoms with Crippen LogP contribution in [0.3, 0.4) is 0 Å². The molecule has 5 nitrogen and oxygen atoms in total. The van der Waals surface area contributed by atoms with Crippen molar-refractivity contribution in [3.63, 3.8) is 0 Å². The summed E-state index contributed by atoms with van der Waals surface area (Å²) in [5, 5.41) is 0. The van der Waals surface area contributed by atoms with Gasteiger partial charge in [-0.1, -0.05) is 0 Å². The molecule has 2 rings (SSSR count). The number of fused-ring (bicyclic) bond motifs is 1. The first-order valence-electron chi connectivity index (χ1n) is 6.79. The van der Waals surface area contributed by atoms with E-state index >= 15 is 0 Å². The van der Waals surface area contributed by atoms with Crippen molar-refractivity contribution in [3.8, 4) is 5.75 Å². The third-order valence-electron chi connectivity index (χ3n) is 2.83. The third kappa shape index (κ3) is 4.37. The predicted molar refractivity (Wildman–Crippen MR) is 76.5 cm³/mol. The molecule has 112 valence electrons. The maximum atomic E-state index is 5.88. The normalized spacial score (nSPS) is 14.8. The van der Waals surface area contributed by atoms with E-state index in [1.165, 1.54) is 0 Å². The Morgan fingerprint density at radius 1 is 1.25 bits per heavy atom. The Morgan fingerprint density at radius 3 is 2.80 bits per heavy atom. The monoisotopic (exact) mass is 281 g/mol. The molecule has 1 aromatic carbocycles. The highest BCUT2D eigenvalue weighted by Crippen LogP contribution is 2.31. The molecule has 0 unspecified atom stereocenters. The molecule has 2 N–H and O–H groups in total. The fourth-order valence-electron chi connectivity index (χ4n) is 2.02. The summed E-state index contributed by atoms with van der Waals surface area (Å²) in [6.07, 6.45) is 0. The van der Waals surface area contributed by atoms with Crippen molar-refractivity contribution in [2.45, 2.75) is 39.6 Å². The average Bonchev–Trinajstić information content (AvgIpc) is 2.36. The van der Waals surface area contributed by atoms with Crippen molar-refractivity contribution in [1.82, 2.24) is 0 Å². The van der Waals surface area contributed by atoms with Gasteiger partial charge in [-0.3, -0.25) is 0 Å². The Balaban J connectivity index is 1.88. The van der Waals surface area contributed by atoms with E-state index in [-0.39, 0.29) is 12.4 Å². The van der Waals surface area contributed by atoms with Crippen molar-refractivity contribution < 1.29 is 18.9 Å². The van der Waals surface area contributed by atoms with Gasteiger partial charge < -0.3 is 24.7 Å². The second-order valence-electron chi connectivity index (χ2n) is 5.79. The van der Waals surface area contributed by atoms with Crippen LogP contribution in [0.1, 0.15) is 31.9 Å². The second kappa shape index (κ2) is 6.43. The molecule has 0 saturated heterocycles. The van der Waals surface area contributed by atoms with Gasteiger partial charge in [0.05, 0.1) is 32.0 Å². The Hall–Kier alpha value is -1.30. The van der Waals surface area contributed by atoms with E-state index in [0.717, 1.165) is 16.9 Å². The molecule has 0 bridgehead atoms. The first-order chi connectivity index (χ1) is 9.46. The molecule has 0 spiro atoms. The van der Waals surface area contributed by atoms with Gasteiger partial charge >= 0.3 is 0 Å². The van der Waals surface area contributed by atoms with Crippen molar-refractivity contribution in [2.24, 2.45) is 0 Å².